The van der Waals surface area contributed by atoms with Crippen molar-refractivity contribution in [3.05, 3.63) is 47.3 Å². The van der Waals surface area contributed by atoms with Gasteiger partial charge >= 0.3 is 0 Å². The molecule has 0 saturated heterocycles. The summed E-state index contributed by atoms with van der Waals surface area (Å²) in [5, 5.41) is 8.19. The van der Waals surface area contributed by atoms with E-state index < -0.39 is 10.8 Å². The number of nitrogens with one attached hydrogen (secondary N) is 3. The summed E-state index contributed by atoms with van der Waals surface area (Å²) in [6.45, 7) is 5.22. The van der Waals surface area contributed by atoms with Gasteiger partial charge in [-0.1, -0.05) is 32.9 Å². The summed E-state index contributed by atoms with van der Waals surface area (Å²) in [5.74, 6) is 0.390. The van der Waals surface area contributed by atoms with E-state index in [0.717, 1.165) is 16.8 Å². The molecule has 3 N–H and O–H groups in total. The van der Waals surface area contributed by atoms with Crippen LogP contribution in [0.2, 0.25) is 0 Å². The number of rotatable bonds is 3. The maximum absolute atomic E-state index is 12.7. The quantitative estimate of drug-likeness (QED) is 0.733. The molecule has 0 radical (unpaired) electrons. The van der Waals surface area contributed by atoms with Crippen LogP contribution in [0.5, 0.6) is 0 Å². The second-order valence-corrected chi connectivity index (χ2v) is 8.57. The van der Waals surface area contributed by atoms with Gasteiger partial charge in [-0.2, -0.15) is 0 Å². The highest BCUT2D eigenvalue weighted by Crippen LogP contribution is 2.46. The summed E-state index contributed by atoms with van der Waals surface area (Å²) in [6.07, 6.45) is 2.66. The van der Waals surface area contributed by atoms with Gasteiger partial charge in [0.25, 0.3) is 0 Å². The van der Waals surface area contributed by atoms with Crippen molar-refractivity contribution in [1.82, 2.24) is 15.3 Å². The Bertz CT molecular complexity index is 1030. The van der Waals surface area contributed by atoms with Crippen LogP contribution in [0.25, 0.3) is 0 Å². The molecule has 3 heterocycles. The minimum Gasteiger partial charge on any atom is -0.347 e. The molecule has 0 saturated carbocycles. The number of carbonyl (C=O) groups is 3. The molecule has 1 aliphatic heterocycles. The highest BCUT2D eigenvalue weighted by atomic mass is 16.2. The molecule has 1 unspecified atom stereocenters. The Morgan fingerprint density at radius 1 is 1.21 bits per heavy atom. The van der Waals surface area contributed by atoms with Crippen LogP contribution < -0.4 is 16.0 Å². The molecule has 2 aromatic rings. The van der Waals surface area contributed by atoms with Gasteiger partial charge in [-0.15, -0.1) is 0 Å². The zero-order chi connectivity index (χ0) is 20.8. The van der Waals surface area contributed by atoms with E-state index in [-0.39, 0.29) is 24.3 Å². The highest BCUT2D eigenvalue weighted by molar-refractivity contribution is 6.06. The summed E-state index contributed by atoms with van der Waals surface area (Å²) in [5.41, 5.74) is 1.40. The first-order valence-corrected chi connectivity index (χ1v) is 9.53. The SMILES string of the molecule is CC(C)(C)C(=O)NCC(=O)Nc1ccc2c(n1)CC1(C2)C(=O)Nc2ncccc21. The summed E-state index contributed by atoms with van der Waals surface area (Å²) in [6, 6.07) is 7.36. The second-order valence-electron chi connectivity index (χ2n) is 8.57. The fourth-order valence-corrected chi connectivity index (χ4v) is 3.79. The van der Waals surface area contributed by atoms with Gasteiger partial charge in [0.05, 0.1) is 12.0 Å². The lowest BCUT2D eigenvalue weighted by Crippen LogP contribution is -2.39. The highest BCUT2D eigenvalue weighted by Gasteiger charge is 2.51. The average Bonchev–Trinajstić information content (AvgIpc) is 3.17. The molecule has 29 heavy (non-hydrogen) atoms. The normalized spacial score (nSPS) is 19.5. The van der Waals surface area contributed by atoms with Crippen LogP contribution in [-0.4, -0.2) is 34.2 Å². The van der Waals surface area contributed by atoms with Crippen LogP contribution in [-0.2, 0) is 32.6 Å². The van der Waals surface area contributed by atoms with E-state index in [0.29, 0.717) is 24.5 Å². The van der Waals surface area contributed by atoms with E-state index in [9.17, 15) is 14.4 Å². The maximum Gasteiger partial charge on any atom is 0.244 e. The molecule has 2 aromatic heterocycles. The van der Waals surface area contributed by atoms with Crippen molar-refractivity contribution >= 4 is 29.4 Å². The first-order chi connectivity index (χ1) is 13.7. The number of hydrogen-bond donors (Lipinski definition) is 3. The van der Waals surface area contributed by atoms with Gasteiger partial charge in [-0.05, 0) is 24.1 Å². The molecule has 150 valence electrons. The van der Waals surface area contributed by atoms with E-state index in [2.05, 4.69) is 25.9 Å². The largest absolute Gasteiger partial charge is 0.347 e. The molecular weight excluding hydrogens is 370 g/mol. The first-order valence-electron chi connectivity index (χ1n) is 9.53. The Hall–Kier alpha value is -3.29. The van der Waals surface area contributed by atoms with E-state index in [4.69, 9.17) is 0 Å². The Morgan fingerprint density at radius 3 is 2.76 bits per heavy atom. The second kappa shape index (κ2) is 6.65. The Labute approximate surface area is 168 Å². The van der Waals surface area contributed by atoms with Crippen molar-refractivity contribution in [3.8, 4) is 0 Å². The van der Waals surface area contributed by atoms with Crippen molar-refractivity contribution in [3.63, 3.8) is 0 Å². The fourth-order valence-electron chi connectivity index (χ4n) is 3.79. The van der Waals surface area contributed by atoms with Gasteiger partial charge < -0.3 is 16.0 Å². The average molecular weight is 393 g/mol. The molecule has 3 amide bonds. The van der Waals surface area contributed by atoms with E-state index >= 15 is 0 Å². The van der Waals surface area contributed by atoms with Gasteiger partial charge in [-0.25, -0.2) is 9.97 Å². The first kappa shape index (κ1) is 19.0. The van der Waals surface area contributed by atoms with Gasteiger partial charge in [0, 0.05) is 29.3 Å². The molecule has 0 aromatic carbocycles. The molecule has 4 rings (SSSR count). The third kappa shape index (κ3) is 3.35. The van der Waals surface area contributed by atoms with Crippen LogP contribution in [0.1, 0.15) is 37.6 Å². The van der Waals surface area contributed by atoms with Crippen LogP contribution in [0.15, 0.2) is 30.5 Å². The standard InChI is InChI=1S/C21H23N5O3/c1-20(2,3)18(28)23-11-16(27)25-15-7-6-12-9-21(10-14(12)24-15)13-5-4-8-22-17(13)26-19(21)29/h4-8H,9-11H2,1-3H3,(H,23,28)(H,22,26,29)(H,24,25,27). The topological polar surface area (TPSA) is 113 Å². The smallest absolute Gasteiger partial charge is 0.244 e. The van der Waals surface area contributed by atoms with Gasteiger partial charge in [-0.3, -0.25) is 14.4 Å². The minimum absolute atomic E-state index is 0.0697. The summed E-state index contributed by atoms with van der Waals surface area (Å²) >= 11 is 0. The molecule has 2 aliphatic rings. The van der Waals surface area contributed by atoms with Crippen LogP contribution in [0.4, 0.5) is 11.6 Å². The van der Waals surface area contributed by atoms with Crippen molar-refractivity contribution in [2.24, 2.45) is 5.41 Å². The van der Waals surface area contributed by atoms with E-state index in [1.807, 2.05) is 18.2 Å². The van der Waals surface area contributed by atoms with Crippen LogP contribution in [0, 0.1) is 5.41 Å². The third-order valence-electron chi connectivity index (χ3n) is 5.38. The number of amides is 3. The van der Waals surface area contributed by atoms with E-state index in [1.165, 1.54) is 0 Å². The lowest BCUT2D eigenvalue weighted by Gasteiger charge is -2.19. The van der Waals surface area contributed by atoms with Crippen LogP contribution >= 0.6 is 0 Å². The predicted octanol–water partition coefficient (Wildman–Crippen LogP) is 1.57. The fraction of sp³-hybridized carbons (Fsp3) is 0.381. The number of nitrogens with zero attached hydrogens (tertiary/aromatic N) is 2. The predicted molar refractivity (Wildman–Crippen MR) is 107 cm³/mol. The van der Waals surface area contributed by atoms with Crippen LogP contribution in [0.3, 0.4) is 0 Å². The molecule has 8 nitrogen and oxygen atoms in total. The zero-order valence-corrected chi connectivity index (χ0v) is 16.6. The third-order valence-corrected chi connectivity index (χ3v) is 5.38. The van der Waals surface area contributed by atoms with Crippen molar-refractivity contribution in [1.29, 1.82) is 0 Å². The molecule has 0 bridgehead atoms. The lowest BCUT2D eigenvalue weighted by molar-refractivity contribution is -0.130. The number of fused-ring (bicyclic) bond motifs is 3. The van der Waals surface area contributed by atoms with Gasteiger partial charge in [0.1, 0.15) is 11.6 Å². The number of carbonyl (C=O) groups excluding carboxylic acids is 3. The molecule has 0 fully saturated rings. The molecule has 8 heteroatoms. The minimum atomic E-state index is -0.692. The zero-order valence-electron chi connectivity index (χ0n) is 16.6. The Kier molecular flexibility index (Phi) is 4.37. The summed E-state index contributed by atoms with van der Waals surface area (Å²) in [7, 11) is 0. The molecular formula is C21H23N5O3. The molecule has 1 aliphatic carbocycles. The van der Waals surface area contributed by atoms with Crippen molar-refractivity contribution in [2.75, 3.05) is 17.2 Å². The number of aromatic nitrogens is 2. The monoisotopic (exact) mass is 393 g/mol. The van der Waals surface area contributed by atoms with Gasteiger partial charge in [0.15, 0.2) is 0 Å². The number of pyridine rings is 2. The maximum atomic E-state index is 12.7. The molecule has 1 atom stereocenters. The number of hydrogen-bond acceptors (Lipinski definition) is 5. The van der Waals surface area contributed by atoms with E-state index in [1.54, 1.807) is 33.0 Å². The van der Waals surface area contributed by atoms with Crippen molar-refractivity contribution in [2.45, 2.75) is 39.0 Å². The van der Waals surface area contributed by atoms with Gasteiger partial charge in [0.2, 0.25) is 17.7 Å². The van der Waals surface area contributed by atoms with Crippen molar-refractivity contribution < 1.29 is 14.4 Å². The summed E-state index contributed by atoms with van der Waals surface area (Å²) in [4.78, 5) is 45.6. The molecule has 1 spiro atoms. The Morgan fingerprint density at radius 2 is 2.00 bits per heavy atom. The summed E-state index contributed by atoms with van der Waals surface area (Å²) < 4.78 is 0. The number of anilines is 2. The Balaban J connectivity index is 1.47. The lowest BCUT2D eigenvalue weighted by atomic mass is 9.80.